The fraction of sp³-hybridized carbons (Fsp3) is 0.600. The van der Waals surface area contributed by atoms with Crippen molar-refractivity contribution in [2.24, 2.45) is 5.92 Å². The van der Waals surface area contributed by atoms with Crippen molar-refractivity contribution in [1.29, 1.82) is 0 Å². The Balaban J connectivity index is 2.09. The van der Waals surface area contributed by atoms with Gasteiger partial charge in [0.25, 0.3) is 0 Å². The van der Waals surface area contributed by atoms with Gasteiger partial charge in [-0.25, -0.2) is 0 Å². The van der Waals surface area contributed by atoms with Crippen LogP contribution in [-0.2, 0) is 6.54 Å². The Bertz CT molecular complexity index is 326. The van der Waals surface area contributed by atoms with Crippen molar-refractivity contribution < 1.29 is 4.79 Å². The maximum atomic E-state index is 11.9. The summed E-state index contributed by atoms with van der Waals surface area (Å²) in [5.74, 6) is 0.388. The number of nitrogens with one attached hydrogen (secondary N) is 1. The molecule has 0 aliphatic carbocycles. The van der Waals surface area contributed by atoms with Gasteiger partial charge < -0.3 is 5.32 Å². The molecule has 0 saturated carbocycles. The molecule has 76 valence electrons. The summed E-state index contributed by atoms with van der Waals surface area (Å²) in [4.78, 5) is 11.9. The van der Waals surface area contributed by atoms with Crippen molar-refractivity contribution in [3.8, 4) is 0 Å². The number of aromatic nitrogens is 2. The average molecular weight is 193 g/mol. The lowest BCUT2D eigenvalue weighted by molar-refractivity contribution is 0.0930. The normalized spacial score (nSPS) is 21.4. The van der Waals surface area contributed by atoms with Gasteiger partial charge in [0.2, 0.25) is 0 Å². The Morgan fingerprint density at radius 2 is 2.64 bits per heavy atom. The zero-order valence-corrected chi connectivity index (χ0v) is 8.36. The molecule has 1 atom stereocenters. The lowest BCUT2D eigenvalue weighted by atomic mass is 9.99. The third-order valence-corrected chi connectivity index (χ3v) is 2.67. The molecular weight excluding hydrogens is 178 g/mol. The average Bonchev–Trinajstić information content (AvgIpc) is 2.88. The van der Waals surface area contributed by atoms with E-state index in [0.29, 0.717) is 0 Å². The van der Waals surface area contributed by atoms with Crippen LogP contribution in [0.15, 0.2) is 12.4 Å². The molecule has 1 aliphatic heterocycles. The Morgan fingerprint density at radius 3 is 3.21 bits per heavy atom. The highest BCUT2D eigenvalue weighted by molar-refractivity contribution is 5.97. The van der Waals surface area contributed by atoms with Crippen LogP contribution in [0.3, 0.4) is 0 Å². The van der Waals surface area contributed by atoms with Crippen molar-refractivity contribution >= 4 is 5.78 Å². The quantitative estimate of drug-likeness (QED) is 0.719. The summed E-state index contributed by atoms with van der Waals surface area (Å²) in [6.07, 6.45) is 4.46. The molecule has 0 aromatic carbocycles. The van der Waals surface area contributed by atoms with E-state index in [1.165, 1.54) is 0 Å². The van der Waals surface area contributed by atoms with Crippen LogP contribution in [0.2, 0.25) is 0 Å². The van der Waals surface area contributed by atoms with Crippen molar-refractivity contribution in [2.75, 3.05) is 13.1 Å². The van der Waals surface area contributed by atoms with E-state index in [4.69, 9.17) is 0 Å². The van der Waals surface area contributed by atoms with E-state index >= 15 is 0 Å². The van der Waals surface area contributed by atoms with E-state index in [1.54, 1.807) is 10.9 Å². The van der Waals surface area contributed by atoms with Crippen molar-refractivity contribution in [2.45, 2.75) is 19.9 Å². The Hall–Kier alpha value is -1.16. The SMILES string of the molecule is CCn1cc(C(=O)C2CCNC2)cn1. The fourth-order valence-corrected chi connectivity index (χ4v) is 1.78. The van der Waals surface area contributed by atoms with Gasteiger partial charge in [0.1, 0.15) is 0 Å². The molecule has 2 heterocycles. The Morgan fingerprint density at radius 1 is 1.79 bits per heavy atom. The summed E-state index contributed by atoms with van der Waals surface area (Å²) in [5, 5.41) is 7.30. The van der Waals surface area contributed by atoms with E-state index in [-0.39, 0.29) is 11.7 Å². The second kappa shape index (κ2) is 3.92. The van der Waals surface area contributed by atoms with Crippen LogP contribution >= 0.6 is 0 Å². The second-order valence-corrected chi connectivity index (χ2v) is 3.64. The molecule has 4 nitrogen and oxygen atoms in total. The molecule has 0 bridgehead atoms. The predicted octanol–water partition coefficient (Wildman–Crippen LogP) is 0.695. The third-order valence-electron chi connectivity index (χ3n) is 2.67. The van der Waals surface area contributed by atoms with Gasteiger partial charge in [-0.05, 0) is 19.9 Å². The molecule has 1 N–H and O–H groups in total. The molecule has 1 fully saturated rings. The molecule has 0 radical (unpaired) electrons. The van der Waals surface area contributed by atoms with Crippen LogP contribution in [0.5, 0.6) is 0 Å². The number of carbonyl (C=O) groups is 1. The molecule has 14 heavy (non-hydrogen) atoms. The van der Waals surface area contributed by atoms with Gasteiger partial charge in [-0.1, -0.05) is 0 Å². The molecule has 0 amide bonds. The minimum Gasteiger partial charge on any atom is -0.316 e. The van der Waals surface area contributed by atoms with Crippen molar-refractivity contribution in [1.82, 2.24) is 15.1 Å². The highest BCUT2D eigenvalue weighted by Crippen LogP contribution is 2.14. The smallest absolute Gasteiger partial charge is 0.170 e. The zero-order chi connectivity index (χ0) is 9.97. The largest absolute Gasteiger partial charge is 0.316 e. The maximum Gasteiger partial charge on any atom is 0.170 e. The summed E-state index contributed by atoms with van der Waals surface area (Å²) >= 11 is 0. The predicted molar refractivity (Wildman–Crippen MR) is 53.2 cm³/mol. The molecule has 1 unspecified atom stereocenters. The molecule has 1 saturated heterocycles. The van der Waals surface area contributed by atoms with Crippen LogP contribution in [-0.4, -0.2) is 28.7 Å². The Kier molecular flexibility index (Phi) is 2.63. The molecule has 4 heteroatoms. The number of hydrogen-bond acceptors (Lipinski definition) is 3. The summed E-state index contributed by atoms with van der Waals surface area (Å²) in [7, 11) is 0. The van der Waals surface area contributed by atoms with E-state index in [9.17, 15) is 4.79 Å². The van der Waals surface area contributed by atoms with Gasteiger partial charge in [-0.2, -0.15) is 5.10 Å². The molecule has 1 aromatic rings. The number of carbonyl (C=O) groups excluding carboxylic acids is 1. The number of rotatable bonds is 3. The van der Waals surface area contributed by atoms with E-state index < -0.39 is 0 Å². The second-order valence-electron chi connectivity index (χ2n) is 3.64. The highest BCUT2D eigenvalue weighted by atomic mass is 16.1. The van der Waals surface area contributed by atoms with Gasteiger partial charge in [-0.15, -0.1) is 0 Å². The summed E-state index contributed by atoms with van der Waals surface area (Å²) in [6, 6.07) is 0. The first-order valence-electron chi connectivity index (χ1n) is 5.08. The number of Topliss-reactive ketones (excluding diaryl/α,β-unsaturated/α-hetero) is 1. The molecule has 0 spiro atoms. The first kappa shape index (κ1) is 9.40. The van der Waals surface area contributed by atoms with Gasteiger partial charge >= 0.3 is 0 Å². The van der Waals surface area contributed by atoms with Crippen molar-refractivity contribution in [3.05, 3.63) is 18.0 Å². The first-order chi connectivity index (χ1) is 6.81. The maximum absolute atomic E-state index is 11.9. The first-order valence-corrected chi connectivity index (χ1v) is 5.08. The fourth-order valence-electron chi connectivity index (χ4n) is 1.78. The van der Waals surface area contributed by atoms with Crippen LogP contribution in [0.4, 0.5) is 0 Å². The summed E-state index contributed by atoms with van der Waals surface area (Å²) in [6.45, 7) is 4.60. The monoisotopic (exact) mass is 193 g/mol. The van der Waals surface area contributed by atoms with E-state index in [0.717, 1.165) is 31.6 Å². The number of nitrogens with zero attached hydrogens (tertiary/aromatic N) is 2. The summed E-state index contributed by atoms with van der Waals surface area (Å²) < 4.78 is 1.79. The number of hydrogen-bond donors (Lipinski definition) is 1. The lowest BCUT2D eigenvalue weighted by Crippen LogP contribution is -2.17. The summed E-state index contributed by atoms with van der Waals surface area (Å²) in [5.41, 5.74) is 0.751. The number of aryl methyl sites for hydroxylation is 1. The Labute approximate surface area is 83.3 Å². The minimum atomic E-state index is 0.157. The van der Waals surface area contributed by atoms with Crippen LogP contribution in [0.1, 0.15) is 23.7 Å². The molecule has 1 aromatic heterocycles. The highest BCUT2D eigenvalue weighted by Gasteiger charge is 2.24. The molecule has 1 aliphatic rings. The van der Waals surface area contributed by atoms with Gasteiger partial charge in [0, 0.05) is 25.2 Å². The van der Waals surface area contributed by atoms with E-state index in [1.807, 2.05) is 13.1 Å². The minimum absolute atomic E-state index is 0.157. The lowest BCUT2D eigenvalue weighted by Gasteiger charge is -2.03. The van der Waals surface area contributed by atoms with Crippen LogP contribution in [0.25, 0.3) is 0 Å². The van der Waals surface area contributed by atoms with Crippen LogP contribution in [0, 0.1) is 5.92 Å². The van der Waals surface area contributed by atoms with Gasteiger partial charge in [0.05, 0.1) is 11.8 Å². The topological polar surface area (TPSA) is 46.9 Å². The zero-order valence-electron chi connectivity index (χ0n) is 8.36. The third kappa shape index (κ3) is 1.70. The van der Waals surface area contributed by atoms with Crippen LogP contribution < -0.4 is 5.32 Å². The molecular formula is C10H15N3O. The van der Waals surface area contributed by atoms with Crippen molar-refractivity contribution in [3.63, 3.8) is 0 Å². The van der Waals surface area contributed by atoms with Gasteiger partial charge in [-0.3, -0.25) is 9.48 Å². The standard InChI is InChI=1S/C10H15N3O/c1-2-13-7-9(6-12-13)10(14)8-3-4-11-5-8/h6-8,11H,2-5H2,1H3. The van der Waals surface area contributed by atoms with Gasteiger partial charge in [0.15, 0.2) is 5.78 Å². The van der Waals surface area contributed by atoms with E-state index in [2.05, 4.69) is 10.4 Å². The molecule has 2 rings (SSSR count). The number of ketones is 1.